The summed E-state index contributed by atoms with van der Waals surface area (Å²) in [7, 11) is 2.93. The van der Waals surface area contributed by atoms with Gasteiger partial charge in [0.05, 0.1) is 31.2 Å². The SMILES string of the molecule is CCOC(C#Cc1cccc(CN2O[C@@]3(C(=O)NCCCCCC(N)=O)CC4OC4C(O)C3C2C(=O)NCC(OC)OC)c1)OCC. The maximum absolute atomic E-state index is 14.0. The van der Waals surface area contributed by atoms with Gasteiger partial charge in [-0.15, -0.1) is 0 Å². The second-order valence-corrected chi connectivity index (χ2v) is 11.8. The zero-order valence-electron chi connectivity index (χ0n) is 27.6. The van der Waals surface area contributed by atoms with Gasteiger partial charge >= 0.3 is 0 Å². The molecular formula is C33H48N4O10. The van der Waals surface area contributed by atoms with Crippen LogP contribution in [0.5, 0.6) is 0 Å². The van der Waals surface area contributed by atoms with Gasteiger partial charge in [0.15, 0.2) is 11.9 Å². The first-order chi connectivity index (χ1) is 22.7. The van der Waals surface area contributed by atoms with Crippen molar-refractivity contribution in [3.63, 3.8) is 0 Å². The predicted molar refractivity (Wildman–Crippen MR) is 168 cm³/mol. The minimum atomic E-state index is -1.56. The highest BCUT2D eigenvalue weighted by molar-refractivity contribution is 5.90. The van der Waals surface area contributed by atoms with Crippen molar-refractivity contribution in [2.45, 2.75) is 95.0 Å². The summed E-state index contributed by atoms with van der Waals surface area (Å²) >= 11 is 0. The minimum Gasteiger partial charge on any atom is -0.390 e. The fourth-order valence-electron chi connectivity index (χ4n) is 6.24. The molecule has 3 fully saturated rings. The Morgan fingerprint density at radius 2 is 1.87 bits per heavy atom. The van der Waals surface area contributed by atoms with E-state index in [0.29, 0.717) is 44.6 Å². The molecule has 2 heterocycles. The third-order valence-electron chi connectivity index (χ3n) is 8.54. The molecule has 47 heavy (non-hydrogen) atoms. The molecule has 1 aromatic rings. The van der Waals surface area contributed by atoms with Crippen LogP contribution in [-0.2, 0) is 49.5 Å². The molecule has 3 aliphatic rings. The van der Waals surface area contributed by atoms with Crippen molar-refractivity contribution in [2.75, 3.05) is 40.5 Å². The molecule has 2 aliphatic heterocycles. The van der Waals surface area contributed by atoms with Crippen molar-refractivity contribution < 1.29 is 48.0 Å². The molecule has 4 rings (SSSR count). The van der Waals surface area contributed by atoms with Gasteiger partial charge in [-0.2, -0.15) is 5.06 Å². The maximum atomic E-state index is 14.0. The predicted octanol–water partition coefficient (Wildman–Crippen LogP) is 0.337. The molecule has 1 aliphatic carbocycles. The Hall–Kier alpha value is -3.13. The van der Waals surface area contributed by atoms with Gasteiger partial charge < -0.3 is 45.2 Å². The number of fused-ring (bicyclic) bond motifs is 2. The first-order valence-corrected chi connectivity index (χ1v) is 16.2. The van der Waals surface area contributed by atoms with Crippen LogP contribution in [-0.4, -0.2) is 111 Å². The highest BCUT2D eigenvalue weighted by atomic mass is 16.7. The Morgan fingerprint density at radius 1 is 1.13 bits per heavy atom. The average Bonchev–Trinajstić information content (AvgIpc) is 3.75. The van der Waals surface area contributed by atoms with Crippen molar-refractivity contribution in [3.8, 4) is 11.8 Å². The van der Waals surface area contributed by atoms with E-state index in [9.17, 15) is 19.5 Å². The van der Waals surface area contributed by atoms with Gasteiger partial charge in [-0.1, -0.05) is 24.5 Å². The van der Waals surface area contributed by atoms with Crippen molar-refractivity contribution in [1.29, 1.82) is 0 Å². The Kier molecular flexibility index (Phi) is 13.5. The minimum absolute atomic E-state index is 0.0396. The number of amides is 3. The number of hydroxylamine groups is 2. The summed E-state index contributed by atoms with van der Waals surface area (Å²) in [6, 6.07) is 6.37. The quantitative estimate of drug-likeness (QED) is 0.0737. The number of nitrogens with zero attached hydrogens (tertiary/aromatic N) is 1. The maximum Gasteiger partial charge on any atom is 0.254 e. The molecule has 5 N–H and O–H groups in total. The van der Waals surface area contributed by atoms with E-state index in [1.807, 2.05) is 38.1 Å². The zero-order chi connectivity index (χ0) is 34.0. The van der Waals surface area contributed by atoms with E-state index >= 15 is 0 Å². The van der Waals surface area contributed by atoms with Crippen LogP contribution in [0.1, 0.15) is 57.1 Å². The summed E-state index contributed by atoms with van der Waals surface area (Å²) in [6.45, 7) is 5.12. The highest BCUT2D eigenvalue weighted by Gasteiger charge is 2.72. The monoisotopic (exact) mass is 660 g/mol. The number of unbranched alkanes of at least 4 members (excludes halogenated alkanes) is 2. The molecule has 0 spiro atoms. The summed E-state index contributed by atoms with van der Waals surface area (Å²) < 4.78 is 27.3. The fourth-order valence-corrected chi connectivity index (χ4v) is 6.24. The molecule has 2 saturated heterocycles. The molecule has 6 atom stereocenters. The van der Waals surface area contributed by atoms with Gasteiger partial charge in [-0.05, 0) is 50.3 Å². The smallest absolute Gasteiger partial charge is 0.254 e. The Bertz CT molecular complexity index is 1280. The summed E-state index contributed by atoms with van der Waals surface area (Å²) in [5, 5.41) is 18.8. The van der Waals surface area contributed by atoms with Gasteiger partial charge in [0.25, 0.3) is 5.91 Å². The number of methoxy groups -OCH3 is 2. The third-order valence-corrected chi connectivity index (χ3v) is 8.54. The van der Waals surface area contributed by atoms with Crippen LogP contribution >= 0.6 is 0 Å². The number of primary amides is 1. The van der Waals surface area contributed by atoms with Crippen molar-refractivity contribution >= 4 is 17.7 Å². The molecule has 0 bridgehead atoms. The summed E-state index contributed by atoms with van der Waals surface area (Å²) in [5.74, 6) is 3.88. The number of hydrogen-bond donors (Lipinski definition) is 4. The van der Waals surface area contributed by atoms with Gasteiger partial charge in [-0.3, -0.25) is 19.2 Å². The van der Waals surface area contributed by atoms with Crippen molar-refractivity contribution in [2.24, 2.45) is 11.7 Å². The van der Waals surface area contributed by atoms with E-state index in [0.717, 1.165) is 5.56 Å². The normalized spacial score (nSPS) is 26.3. The Labute approximate surface area is 275 Å². The molecular weight excluding hydrogens is 612 g/mol. The largest absolute Gasteiger partial charge is 0.390 e. The fraction of sp³-hybridized carbons (Fsp3) is 0.667. The number of benzene rings is 1. The molecule has 0 radical (unpaired) electrons. The topological polar surface area (TPSA) is 183 Å². The number of nitrogens with two attached hydrogens (primary N) is 1. The average molecular weight is 661 g/mol. The molecule has 3 amide bonds. The first-order valence-electron chi connectivity index (χ1n) is 16.2. The van der Waals surface area contributed by atoms with Crippen molar-refractivity contribution in [1.82, 2.24) is 15.7 Å². The van der Waals surface area contributed by atoms with Crippen LogP contribution in [0.2, 0.25) is 0 Å². The molecule has 14 nitrogen and oxygen atoms in total. The lowest BCUT2D eigenvalue weighted by Gasteiger charge is -2.37. The van der Waals surface area contributed by atoms with Gasteiger partial charge in [0.2, 0.25) is 18.1 Å². The van der Waals surface area contributed by atoms with E-state index in [-0.39, 0.29) is 37.9 Å². The lowest BCUT2D eigenvalue weighted by Crippen LogP contribution is -2.61. The van der Waals surface area contributed by atoms with Crippen LogP contribution in [0.15, 0.2) is 24.3 Å². The molecule has 0 aromatic heterocycles. The molecule has 1 saturated carbocycles. The number of rotatable bonds is 18. The van der Waals surface area contributed by atoms with Gasteiger partial charge in [0, 0.05) is 52.4 Å². The number of aliphatic hydroxyl groups excluding tert-OH is 1. The van der Waals surface area contributed by atoms with Crippen LogP contribution in [0.4, 0.5) is 0 Å². The lowest BCUT2D eigenvalue weighted by atomic mass is 9.70. The number of epoxide rings is 1. The standard InChI is InChI=1S/C33H48N4O10/c1-5-44-25(45-6-2)15-14-21-11-10-12-22(17-21)20-37-28(31(40)36-19-26(42-3)43-4)27-29(39)30-23(46-30)18-33(27,47-37)32(41)35-16-9-7-8-13-24(34)38/h10-12,17,23,25-30,39H,5-9,13,16,18-20H2,1-4H3,(H2,34,38)(H,35,41)(H,36,40)/t23?,27?,28?,29?,30?,33-/m0/s1. The van der Waals surface area contributed by atoms with E-state index < -0.39 is 54.2 Å². The van der Waals surface area contributed by atoms with E-state index in [1.54, 1.807) is 0 Å². The number of hydrogen-bond acceptors (Lipinski definition) is 11. The second-order valence-electron chi connectivity index (χ2n) is 11.8. The van der Waals surface area contributed by atoms with E-state index in [1.165, 1.54) is 19.3 Å². The van der Waals surface area contributed by atoms with Gasteiger partial charge in [-0.25, -0.2) is 0 Å². The Morgan fingerprint density at radius 3 is 2.55 bits per heavy atom. The summed E-state index contributed by atoms with van der Waals surface area (Å²) in [5.41, 5.74) is 5.14. The molecule has 1 aromatic carbocycles. The number of aliphatic hydroxyl groups is 1. The lowest BCUT2D eigenvalue weighted by molar-refractivity contribution is -0.219. The molecule has 260 valence electrons. The van der Waals surface area contributed by atoms with Crippen molar-refractivity contribution in [3.05, 3.63) is 35.4 Å². The van der Waals surface area contributed by atoms with Gasteiger partial charge in [0.1, 0.15) is 12.1 Å². The number of ether oxygens (including phenoxy) is 5. The first kappa shape index (κ1) is 36.7. The van der Waals surface area contributed by atoms with Crippen LogP contribution in [0, 0.1) is 17.8 Å². The van der Waals surface area contributed by atoms with E-state index in [2.05, 4.69) is 22.5 Å². The van der Waals surface area contributed by atoms with E-state index in [4.69, 9.17) is 34.3 Å². The summed E-state index contributed by atoms with van der Waals surface area (Å²) in [4.78, 5) is 45.4. The number of carbonyl (C=O) groups excluding carboxylic acids is 3. The third kappa shape index (κ3) is 9.27. The second kappa shape index (κ2) is 17.3. The summed E-state index contributed by atoms with van der Waals surface area (Å²) in [6.07, 6.45) is -0.979. The Balaban J connectivity index is 1.59. The molecule has 5 unspecified atom stereocenters. The van der Waals surface area contributed by atoms with Crippen LogP contribution < -0.4 is 16.4 Å². The zero-order valence-corrected chi connectivity index (χ0v) is 27.6. The molecule has 14 heteroatoms. The highest BCUT2D eigenvalue weighted by Crippen LogP contribution is 2.53. The van der Waals surface area contributed by atoms with Crippen LogP contribution in [0.25, 0.3) is 0 Å². The number of carbonyl (C=O) groups is 3. The van der Waals surface area contributed by atoms with Crippen LogP contribution in [0.3, 0.4) is 0 Å². The number of nitrogens with one attached hydrogen (secondary N) is 2.